The molecule has 1 aromatic rings. The van der Waals surface area contributed by atoms with E-state index in [1.165, 1.54) is 0 Å². The molecule has 1 aliphatic rings. The molecule has 1 amide bonds. The summed E-state index contributed by atoms with van der Waals surface area (Å²) < 4.78 is 0. The molecule has 0 saturated carbocycles. The van der Waals surface area contributed by atoms with Crippen molar-refractivity contribution in [3.05, 3.63) is 29.8 Å². The molecule has 0 bridgehead atoms. The third kappa shape index (κ3) is 2.14. The summed E-state index contributed by atoms with van der Waals surface area (Å²) in [6.45, 7) is 1.80. The van der Waals surface area contributed by atoms with Crippen LogP contribution < -0.4 is 16.0 Å². The first-order chi connectivity index (χ1) is 7.68. The van der Waals surface area contributed by atoms with Gasteiger partial charge in [0.2, 0.25) is 5.91 Å². The summed E-state index contributed by atoms with van der Waals surface area (Å²) in [6.07, 6.45) is 0. The van der Waals surface area contributed by atoms with Crippen LogP contribution >= 0.6 is 12.2 Å². The lowest BCUT2D eigenvalue weighted by atomic mass is 10.1. The van der Waals surface area contributed by atoms with E-state index >= 15 is 0 Å². The van der Waals surface area contributed by atoms with Crippen LogP contribution in [0.3, 0.4) is 0 Å². The number of para-hydroxylation sites is 1. The molecule has 5 heteroatoms. The van der Waals surface area contributed by atoms with Gasteiger partial charge in [-0.1, -0.05) is 24.4 Å². The van der Waals surface area contributed by atoms with Gasteiger partial charge in [-0.15, -0.1) is 0 Å². The Labute approximate surface area is 99.4 Å². The molecule has 0 radical (unpaired) electrons. The highest BCUT2D eigenvalue weighted by Crippen LogP contribution is 2.20. The summed E-state index contributed by atoms with van der Waals surface area (Å²) in [5, 5.41) is 2.79. The number of hydrogen-bond acceptors (Lipinski definition) is 3. The lowest BCUT2D eigenvalue weighted by Gasteiger charge is -2.30. The van der Waals surface area contributed by atoms with E-state index < -0.39 is 0 Å². The molecule has 4 nitrogen and oxygen atoms in total. The van der Waals surface area contributed by atoms with E-state index in [1.54, 1.807) is 0 Å². The van der Waals surface area contributed by atoms with E-state index in [9.17, 15) is 4.79 Å². The van der Waals surface area contributed by atoms with Crippen LogP contribution in [0.25, 0.3) is 0 Å². The Morgan fingerprint density at radius 2 is 2.19 bits per heavy atom. The fraction of sp³-hybridized carbons (Fsp3) is 0.273. The molecule has 1 aromatic carbocycles. The SMILES string of the molecule is NC(=S)c1ccccc1N1CCNC(=O)C1. The zero-order chi connectivity index (χ0) is 11.5. The highest BCUT2D eigenvalue weighted by molar-refractivity contribution is 7.80. The minimum absolute atomic E-state index is 0.0315. The highest BCUT2D eigenvalue weighted by atomic mass is 32.1. The number of piperazine rings is 1. The molecule has 16 heavy (non-hydrogen) atoms. The van der Waals surface area contributed by atoms with Crippen molar-refractivity contribution in [3.63, 3.8) is 0 Å². The number of nitrogens with one attached hydrogen (secondary N) is 1. The molecule has 1 fully saturated rings. The van der Waals surface area contributed by atoms with E-state index in [1.807, 2.05) is 29.2 Å². The molecule has 2 rings (SSSR count). The van der Waals surface area contributed by atoms with E-state index in [2.05, 4.69) is 5.32 Å². The minimum Gasteiger partial charge on any atom is -0.389 e. The number of carbonyl (C=O) groups is 1. The number of anilines is 1. The Kier molecular flexibility index (Phi) is 3.05. The molecule has 0 spiro atoms. The minimum atomic E-state index is 0.0315. The maximum absolute atomic E-state index is 11.3. The van der Waals surface area contributed by atoms with Crippen LogP contribution in [0.1, 0.15) is 5.56 Å². The summed E-state index contributed by atoms with van der Waals surface area (Å²) in [5.41, 5.74) is 7.42. The van der Waals surface area contributed by atoms with E-state index in [4.69, 9.17) is 18.0 Å². The molecule has 3 N–H and O–H groups in total. The van der Waals surface area contributed by atoms with Crippen molar-refractivity contribution in [2.24, 2.45) is 5.73 Å². The Morgan fingerprint density at radius 3 is 2.88 bits per heavy atom. The Balaban J connectivity index is 2.32. The monoisotopic (exact) mass is 235 g/mol. The molecule has 84 valence electrons. The number of carbonyl (C=O) groups excluding carboxylic acids is 1. The van der Waals surface area contributed by atoms with Gasteiger partial charge in [0.05, 0.1) is 6.54 Å². The van der Waals surface area contributed by atoms with Crippen molar-refractivity contribution >= 4 is 28.8 Å². The Morgan fingerprint density at radius 1 is 1.44 bits per heavy atom. The molecule has 1 aliphatic heterocycles. The first kappa shape index (κ1) is 10.9. The number of nitrogens with two attached hydrogens (primary N) is 1. The van der Waals surface area contributed by atoms with Crippen molar-refractivity contribution in [2.75, 3.05) is 24.5 Å². The smallest absolute Gasteiger partial charge is 0.239 e. The summed E-state index contributed by atoms with van der Waals surface area (Å²) in [4.78, 5) is 13.7. The maximum atomic E-state index is 11.3. The molecular formula is C11H13N3OS. The molecule has 0 unspecified atom stereocenters. The van der Waals surface area contributed by atoms with Crippen LogP contribution in [0.15, 0.2) is 24.3 Å². The third-order valence-electron chi connectivity index (χ3n) is 2.55. The predicted molar refractivity (Wildman–Crippen MR) is 67.6 cm³/mol. The van der Waals surface area contributed by atoms with E-state index in [0.717, 1.165) is 17.8 Å². The second-order valence-corrected chi connectivity index (χ2v) is 4.09. The van der Waals surface area contributed by atoms with E-state index in [-0.39, 0.29) is 5.91 Å². The van der Waals surface area contributed by atoms with E-state index in [0.29, 0.717) is 18.1 Å². The van der Waals surface area contributed by atoms with Gasteiger partial charge in [-0.05, 0) is 12.1 Å². The second kappa shape index (κ2) is 4.49. The second-order valence-electron chi connectivity index (χ2n) is 3.65. The van der Waals surface area contributed by atoms with Crippen LogP contribution in [0.2, 0.25) is 0 Å². The first-order valence-corrected chi connectivity index (χ1v) is 5.50. The summed E-state index contributed by atoms with van der Waals surface area (Å²) >= 11 is 5.00. The molecular weight excluding hydrogens is 222 g/mol. The van der Waals surface area contributed by atoms with Gasteiger partial charge in [0.25, 0.3) is 0 Å². The number of thiocarbonyl (C=S) groups is 1. The zero-order valence-electron chi connectivity index (χ0n) is 8.77. The number of nitrogens with zero attached hydrogens (tertiary/aromatic N) is 1. The first-order valence-electron chi connectivity index (χ1n) is 5.09. The molecule has 0 aliphatic carbocycles. The van der Waals surface area contributed by atoms with Crippen molar-refractivity contribution in [1.82, 2.24) is 5.32 Å². The van der Waals surface area contributed by atoms with Gasteiger partial charge in [-0.3, -0.25) is 4.79 Å². The lowest BCUT2D eigenvalue weighted by molar-refractivity contribution is -0.120. The fourth-order valence-electron chi connectivity index (χ4n) is 1.80. The standard InChI is InChI=1S/C11H13N3OS/c12-11(16)8-3-1-2-4-9(8)14-6-5-13-10(15)7-14/h1-4H,5-7H2,(H2,12,16)(H,13,15). The quantitative estimate of drug-likeness (QED) is 0.722. The molecule has 0 atom stereocenters. The lowest BCUT2D eigenvalue weighted by Crippen LogP contribution is -2.48. The third-order valence-corrected chi connectivity index (χ3v) is 2.77. The topological polar surface area (TPSA) is 58.4 Å². The summed E-state index contributed by atoms with van der Waals surface area (Å²) in [7, 11) is 0. The number of benzene rings is 1. The van der Waals surface area contributed by atoms with Crippen molar-refractivity contribution in [1.29, 1.82) is 0 Å². The van der Waals surface area contributed by atoms with Crippen LogP contribution in [-0.4, -0.2) is 30.5 Å². The van der Waals surface area contributed by atoms with Gasteiger partial charge >= 0.3 is 0 Å². The average Bonchev–Trinajstić information content (AvgIpc) is 2.29. The Hall–Kier alpha value is -1.62. The Bertz CT molecular complexity index is 433. The predicted octanol–water partition coefficient (Wildman–Crippen LogP) is 0.257. The van der Waals surface area contributed by atoms with Crippen LogP contribution in [0.5, 0.6) is 0 Å². The van der Waals surface area contributed by atoms with Gasteiger partial charge in [0.1, 0.15) is 4.99 Å². The molecule has 0 aromatic heterocycles. The fourth-order valence-corrected chi connectivity index (χ4v) is 1.97. The van der Waals surface area contributed by atoms with Gasteiger partial charge in [-0.2, -0.15) is 0 Å². The normalized spacial score (nSPS) is 15.8. The van der Waals surface area contributed by atoms with Crippen LogP contribution in [0.4, 0.5) is 5.69 Å². The van der Waals surface area contributed by atoms with Gasteiger partial charge in [0, 0.05) is 24.3 Å². The number of hydrogen-bond donors (Lipinski definition) is 2. The largest absolute Gasteiger partial charge is 0.389 e. The molecule has 1 heterocycles. The molecule has 1 saturated heterocycles. The van der Waals surface area contributed by atoms with Crippen molar-refractivity contribution in [3.8, 4) is 0 Å². The number of rotatable bonds is 2. The van der Waals surface area contributed by atoms with Gasteiger partial charge in [0.15, 0.2) is 0 Å². The highest BCUT2D eigenvalue weighted by Gasteiger charge is 2.19. The van der Waals surface area contributed by atoms with Gasteiger partial charge < -0.3 is 16.0 Å². The van der Waals surface area contributed by atoms with Crippen LogP contribution in [-0.2, 0) is 4.79 Å². The summed E-state index contributed by atoms with van der Waals surface area (Å²) in [6, 6.07) is 7.63. The van der Waals surface area contributed by atoms with Crippen LogP contribution in [0, 0.1) is 0 Å². The zero-order valence-corrected chi connectivity index (χ0v) is 9.59. The van der Waals surface area contributed by atoms with Crippen molar-refractivity contribution in [2.45, 2.75) is 0 Å². The van der Waals surface area contributed by atoms with Crippen molar-refractivity contribution < 1.29 is 4.79 Å². The average molecular weight is 235 g/mol. The number of amides is 1. The summed E-state index contributed by atoms with van der Waals surface area (Å²) in [5.74, 6) is 0.0315. The van der Waals surface area contributed by atoms with Gasteiger partial charge in [-0.25, -0.2) is 0 Å². The maximum Gasteiger partial charge on any atom is 0.239 e.